The fraction of sp³-hybridized carbons (Fsp3) is 0.250. The second kappa shape index (κ2) is 6.48. The van der Waals surface area contributed by atoms with E-state index < -0.39 is 0 Å². The summed E-state index contributed by atoms with van der Waals surface area (Å²) in [7, 11) is 0. The van der Waals surface area contributed by atoms with Crippen molar-refractivity contribution in [2.45, 2.75) is 20.0 Å². The number of rotatable bonds is 4. The Labute approximate surface area is 110 Å². The molecule has 0 saturated heterocycles. The normalized spacial score (nSPS) is 9.22. The van der Waals surface area contributed by atoms with E-state index in [9.17, 15) is 0 Å². The molecule has 0 aliphatic carbocycles. The van der Waals surface area contributed by atoms with Gasteiger partial charge >= 0.3 is 0 Å². The minimum atomic E-state index is -0.273. The Kier molecular flexibility index (Phi) is 4.98. The molecule has 5 nitrogen and oxygen atoms in total. The molecule has 18 heavy (non-hydrogen) atoms. The zero-order valence-corrected chi connectivity index (χ0v) is 10.7. The van der Waals surface area contributed by atoms with Crippen LogP contribution >= 0.6 is 11.6 Å². The van der Waals surface area contributed by atoms with E-state index in [0.29, 0.717) is 16.5 Å². The number of nitrogens with one attached hydrogen (secondary N) is 1. The lowest BCUT2D eigenvalue weighted by atomic mass is 10.3. The molecule has 1 rings (SSSR count). The number of ether oxygens (including phenoxy) is 1. The number of nitriles is 2. The van der Waals surface area contributed by atoms with Crippen molar-refractivity contribution in [3.63, 3.8) is 0 Å². The number of hydrogen-bond donors (Lipinski definition) is 1. The van der Waals surface area contributed by atoms with Crippen molar-refractivity contribution >= 4 is 23.0 Å². The summed E-state index contributed by atoms with van der Waals surface area (Å²) in [6.45, 7) is 3.73. The Balaban J connectivity index is 3.03. The lowest BCUT2D eigenvalue weighted by molar-refractivity contribution is 0.244. The molecule has 0 fully saturated rings. The summed E-state index contributed by atoms with van der Waals surface area (Å²) in [5.41, 5.74) is 2.82. The second-order valence-corrected chi connectivity index (χ2v) is 3.99. The molecule has 0 spiro atoms. The Morgan fingerprint density at radius 1 is 1.39 bits per heavy atom. The molecule has 0 aliphatic rings. The molecule has 0 aromatic heterocycles. The molecule has 0 radical (unpaired) electrons. The van der Waals surface area contributed by atoms with E-state index in [4.69, 9.17) is 26.9 Å². The highest BCUT2D eigenvalue weighted by molar-refractivity contribution is 6.32. The first-order valence-electron chi connectivity index (χ1n) is 5.17. The zero-order valence-electron chi connectivity index (χ0n) is 9.94. The fourth-order valence-electron chi connectivity index (χ4n) is 1.14. The molecule has 0 amide bonds. The molecule has 1 aromatic rings. The molecule has 0 aliphatic heterocycles. The first-order valence-corrected chi connectivity index (χ1v) is 5.55. The van der Waals surface area contributed by atoms with Gasteiger partial charge in [-0.3, -0.25) is 5.43 Å². The Morgan fingerprint density at radius 3 is 2.61 bits per heavy atom. The van der Waals surface area contributed by atoms with Crippen LogP contribution in [0.2, 0.25) is 5.02 Å². The molecule has 92 valence electrons. The molecule has 1 N–H and O–H groups in total. The molecule has 0 unspecified atom stereocenters. The average molecular weight is 263 g/mol. The van der Waals surface area contributed by atoms with Crippen LogP contribution in [0.25, 0.3) is 0 Å². The summed E-state index contributed by atoms with van der Waals surface area (Å²) in [5.74, 6) is 0.438. The maximum absolute atomic E-state index is 8.57. The van der Waals surface area contributed by atoms with Crippen LogP contribution in [0.4, 0.5) is 5.69 Å². The molecular formula is C12H11ClN4O. The van der Waals surface area contributed by atoms with Crippen molar-refractivity contribution in [3.05, 3.63) is 23.2 Å². The van der Waals surface area contributed by atoms with Gasteiger partial charge in [-0.05, 0) is 26.0 Å². The Morgan fingerprint density at radius 2 is 2.06 bits per heavy atom. The van der Waals surface area contributed by atoms with Crippen LogP contribution in [-0.2, 0) is 0 Å². The standard InChI is InChI=1S/C12H11ClN4O/c1-8(2)18-12-10(13)4-3-5-11(12)17-16-9(6-14)7-15/h3-5,8,17H,1-2H3. The molecule has 1 aromatic carbocycles. The third-order valence-electron chi connectivity index (χ3n) is 1.82. The van der Waals surface area contributed by atoms with Crippen LogP contribution < -0.4 is 10.2 Å². The number of para-hydroxylation sites is 1. The number of hydrazone groups is 1. The van der Waals surface area contributed by atoms with E-state index in [2.05, 4.69) is 10.5 Å². The van der Waals surface area contributed by atoms with Crippen LogP contribution in [0.3, 0.4) is 0 Å². The zero-order chi connectivity index (χ0) is 13.5. The Bertz CT molecular complexity index is 524. The van der Waals surface area contributed by atoms with Crippen LogP contribution in [0.15, 0.2) is 23.3 Å². The van der Waals surface area contributed by atoms with E-state index >= 15 is 0 Å². The molecule has 6 heteroatoms. The van der Waals surface area contributed by atoms with Gasteiger partial charge in [0.15, 0.2) is 5.75 Å². The predicted molar refractivity (Wildman–Crippen MR) is 69.5 cm³/mol. The topological polar surface area (TPSA) is 81.2 Å². The van der Waals surface area contributed by atoms with Gasteiger partial charge in [0, 0.05) is 0 Å². The number of nitrogens with zero attached hydrogens (tertiary/aromatic N) is 3. The van der Waals surface area contributed by atoms with Crippen molar-refractivity contribution in [1.29, 1.82) is 10.5 Å². The van der Waals surface area contributed by atoms with Gasteiger partial charge < -0.3 is 4.74 Å². The van der Waals surface area contributed by atoms with E-state index in [0.717, 1.165) is 0 Å². The Hall–Kier alpha value is -2.24. The summed E-state index contributed by atoms with van der Waals surface area (Å²) in [6.07, 6.45) is -0.0548. The number of anilines is 1. The monoisotopic (exact) mass is 262 g/mol. The minimum Gasteiger partial charge on any atom is -0.487 e. The molecular weight excluding hydrogens is 252 g/mol. The molecule has 0 atom stereocenters. The number of halogens is 1. The molecule has 0 heterocycles. The van der Waals surface area contributed by atoms with Crippen molar-refractivity contribution in [3.8, 4) is 17.9 Å². The maximum Gasteiger partial charge on any atom is 0.237 e. The smallest absolute Gasteiger partial charge is 0.237 e. The minimum absolute atomic E-state index is 0.0548. The molecule has 0 bridgehead atoms. The van der Waals surface area contributed by atoms with Gasteiger partial charge in [-0.1, -0.05) is 17.7 Å². The predicted octanol–water partition coefficient (Wildman–Crippen LogP) is 2.94. The quantitative estimate of drug-likeness (QED) is 0.668. The lowest BCUT2D eigenvalue weighted by Gasteiger charge is -2.14. The van der Waals surface area contributed by atoms with Gasteiger partial charge in [0.2, 0.25) is 5.71 Å². The number of hydrogen-bond acceptors (Lipinski definition) is 5. The first kappa shape index (κ1) is 13.8. The van der Waals surface area contributed by atoms with Crippen LogP contribution in [-0.4, -0.2) is 11.8 Å². The fourth-order valence-corrected chi connectivity index (χ4v) is 1.36. The van der Waals surface area contributed by atoms with Gasteiger partial charge in [0.25, 0.3) is 0 Å². The van der Waals surface area contributed by atoms with Crippen molar-refractivity contribution in [2.75, 3.05) is 5.43 Å². The maximum atomic E-state index is 8.57. The second-order valence-electron chi connectivity index (χ2n) is 3.58. The first-order chi connectivity index (χ1) is 8.58. The van der Waals surface area contributed by atoms with Crippen molar-refractivity contribution in [2.24, 2.45) is 5.10 Å². The van der Waals surface area contributed by atoms with E-state index in [-0.39, 0.29) is 11.8 Å². The third kappa shape index (κ3) is 3.65. The average Bonchev–Trinajstić information content (AvgIpc) is 2.34. The highest BCUT2D eigenvalue weighted by Gasteiger charge is 2.10. The lowest BCUT2D eigenvalue weighted by Crippen LogP contribution is -2.08. The summed E-state index contributed by atoms with van der Waals surface area (Å²) < 4.78 is 5.55. The summed E-state index contributed by atoms with van der Waals surface area (Å²) in [6, 6.07) is 8.39. The highest BCUT2D eigenvalue weighted by Crippen LogP contribution is 2.33. The number of benzene rings is 1. The van der Waals surface area contributed by atoms with Gasteiger partial charge in [-0.2, -0.15) is 15.6 Å². The van der Waals surface area contributed by atoms with E-state index in [1.165, 1.54) is 0 Å². The van der Waals surface area contributed by atoms with Crippen molar-refractivity contribution < 1.29 is 4.74 Å². The summed E-state index contributed by atoms with van der Waals surface area (Å²) in [5, 5.41) is 21.2. The van der Waals surface area contributed by atoms with Crippen molar-refractivity contribution in [1.82, 2.24) is 0 Å². The van der Waals surface area contributed by atoms with Gasteiger partial charge in [0.05, 0.1) is 16.8 Å². The molecule has 0 saturated carbocycles. The van der Waals surface area contributed by atoms with Gasteiger partial charge in [0.1, 0.15) is 12.1 Å². The van der Waals surface area contributed by atoms with Crippen LogP contribution in [0.1, 0.15) is 13.8 Å². The van der Waals surface area contributed by atoms with Crippen LogP contribution in [0, 0.1) is 22.7 Å². The van der Waals surface area contributed by atoms with Crippen LogP contribution in [0.5, 0.6) is 5.75 Å². The third-order valence-corrected chi connectivity index (χ3v) is 2.12. The largest absolute Gasteiger partial charge is 0.487 e. The highest BCUT2D eigenvalue weighted by atomic mass is 35.5. The van der Waals surface area contributed by atoms with Gasteiger partial charge in [-0.25, -0.2) is 0 Å². The SMILES string of the molecule is CC(C)Oc1c(Cl)cccc1NN=C(C#N)C#N. The summed E-state index contributed by atoms with van der Waals surface area (Å²) >= 11 is 6.01. The van der Waals surface area contributed by atoms with Gasteiger partial charge in [-0.15, -0.1) is 0 Å². The van der Waals surface area contributed by atoms with E-state index in [1.54, 1.807) is 30.3 Å². The summed E-state index contributed by atoms with van der Waals surface area (Å²) in [4.78, 5) is 0. The van der Waals surface area contributed by atoms with E-state index in [1.807, 2.05) is 13.8 Å².